The molecule has 0 aliphatic rings. The maximum absolute atomic E-state index is 5.81. The number of benzene rings is 1. The van der Waals surface area contributed by atoms with Gasteiger partial charge in [-0.05, 0) is 17.7 Å². The van der Waals surface area contributed by atoms with E-state index in [2.05, 4.69) is 9.97 Å². The normalized spacial score (nSPS) is 10.3. The van der Waals surface area contributed by atoms with Crippen molar-refractivity contribution in [2.24, 2.45) is 0 Å². The van der Waals surface area contributed by atoms with Gasteiger partial charge in [-0.3, -0.25) is 0 Å². The molecule has 5 heteroatoms. The fraction of sp³-hybridized carbons (Fsp3) is 0.0909. The summed E-state index contributed by atoms with van der Waals surface area (Å²) in [5.74, 6) is 1.33. The van der Waals surface area contributed by atoms with Crippen LogP contribution in [0.15, 0.2) is 41.7 Å². The topological polar surface area (TPSA) is 51.8 Å². The van der Waals surface area contributed by atoms with Gasteiger partial charge in [0.15, 0.2) is 0 Å². The van der Waals surface area contributed by atoms with Gasteiger partial charge in [-0.1, -0.05) is 23.7 Å². The highest BCUT2D eigenvalue weighted by molar-refractivity contribution is 7.98. The SMILES string of the molecule is Nc1cc(SCc2ccc(Cl)cc2)ncn1. The number of thioether (sulfide) groups is 1. The van der Waals surface area contributed by atoms with Gasteiger partial charge in [0.1, 0.15) is 17.2 Å². The Balaban J connectivity index is 1.99. The average Bonchev–Trinajstić information content (AvgIpc) is 2.28. The van der Waals surface area contributed by atoms with Crippen molar-refractivity contribution in [3.63, 3.8) is 0 Å². The molecule has 0 fully saturated rings. The van der Waals surface area contributed by atoms with Crippen LogP contribution >= 0.6 is 23.4 Å². The summed E-state index contributed by atoms with van der Waals surface area (Å²) in [6.07, 6.45) is 1.47. The van der Waals surface area contributed by atoms with Gasteiger partial charge < -0.3 is 5.73 Å². The van der Waals surface area contributed by atoms with E-state index in [9.17, 15) is 0 Å². The van der Waals surface area contributed by atoms with E-state index in [1.807, 2.05) is 24.3 Å². The zero-order valence-electron chi connectivity index (χ0n) is 8.43. The number of rotatable bonds is 3. The van der Waals surface area contributed by atoms with Crippen LogP contribution in [0.3, 0.4) is 0 Å². The number of nitrogen functional groups attached to an aromatic ring is 1. The first-order valence-electron chi connectivity index (χ1n) is 4.69. The third-order valence-electron chi connectivity index (χ3n) is 1.96. The van der Waals surface area contributed by atoms with Crippen LogP contribution in [0.1, 0.15) is 5.56 Å². The van der Waals surface area contributed by atoms with Crippen LogP contribution in [0.4, 0.5) is 5.82 Å². The van der Waals surface area contributed by atoms with Crippen molar-refractivity contribution >= 4 is 29.2 Å². The molecule has 1 aromatic carbocycles. The molecule has 0 aliphatic carbocycles. The van der Waals surface area contributed by atoms with Gasteiger partial charge in [0.2, 0.25) is 0 Å². The minimum absolute atomic E-state index is 0.494. The van der Waals surface area contributed by atoms with E-state index in [0.717, 1.165) is 15.8 Å². The second-order valence-electron chi connectivity index (χ2n) is 3.20. The van der Waals surface area contributed by atoms with Gasteiger partial charge in [-0.15, -0.1) is 11.8 Å². The third-order valence-corrected chi connectivity index (χ3v) is 3.21. The van der Waals surface area contributed by atoms with Crippen LogP contribution in [0.25, 0.3) is 0 Å². The molecule has 0 saturated heterocycles. The molecule has 0 spiro atoms. The molecule has 0 aliphatic heterocycles. The third kappa shape index (κ3) is 3.12. The molecule has 0 amide bonds. The zero-order chi connectivity index (χ0) is 11.4. The fourth-order valence-electron chi connectivity index (χ4n) is 1.17. The van der Waals surface area contributed by atoms with Crippen molar-refractivity contribution in [3.05, 3.63) is 47.2 Å². The van der Waals surface area contributed by atoms with Crippen molar-refractivity contribution in [1.29, 1.82) is 0 Å². The molecule has 1 aromatic heterocycles. The monoisotopic (exact) mass is 251 g/mol. The molecule has 0 unspecified atom stereocenters. The lowest BCUT2D eigenvalue weighted by atomic mass is 10.2. The highest BCUT2D eigenvalue weighted by Gasteiger charge is 1.98. The summed E-state index contributed by atoms with van der Waals surface area (Å²) in [7, 11) is 0. The Labute approximate surface area is 103 Å². The van der Waals surface area contributed by atoms with Crippen molar-refractivity contribution in [3.8, 4) is 0 Å². The van der Waals surface area contributed by atoms with Crippen molar-refractivity contribution in [2.45, 2.75) is 10.8 Å². The Morgan fingerprint density at radius 2 is 1.94 bits per heavy atom. The number of nitrogens with zero attached hydrogens (tertiary/aromatic N) is 2. The molecule has 2 rings (SSSR count). The van der Waals surface area contributed by atoms with Crippen LogP contribution < -0.4 is 5.73 Å². The van der Waals surface area contributed by atoms with Gasteiger partial charge in [0, 0.05) is 16.8 Å². The van der Waals surface area contributed by atoms with Crippen molar-refractivity contribution in [1.82, 2.24) is 9.97 Å². The maximum atomic E-state index is 5.81. The van der Waals surface area contributed by atoms with E-state index in [0.29, 0.717) is 5.82 Å². The fourth-order valence-corrected chi connectivity index (χ4v) is 2.13. The number of halogens is 1. The van der Waals surface area contributed by atoms with Crippen LogP contribution in [0.2, 0.25) is 5.02 Å². The van der Waals surface area contributed by atoms with Gasteiger partial charge in [0.25, 0.3) is 0 Å². The minimum Gasteiger partial charge on any atom is -0.384 e. The van der Waals surface area contributed by atoms with E-state index in [-0.39, 0.29) is 0 Å². The van der Waals surface area contributed by atoms with Crippen molar-refractivity contribution < 1.29 is 0 Å². The molecule has 2 aromatic rings. The Morgan fingerprint density at radius 3 is 2.62 bits per heavy atom. The number of hydrogen-bond donors (Lipinski definition) is 1. The predicted octanol–water partition coefficient (Wildman–Crippen LogP) is 3.00. The molecule has 0 saturated carbocycles. The zero-order valence-corrected chi connectivity index (χ0v) is 10.0. The van der Waals surface area contributed by atoms with Crippen molar-refractivity contribution in [2.75, 3.05) is 5.73 Å². The number of aromatic nitrogens is 2. The van der Waals surface area contributed by atoms with E-state index < -0.39 is 0 Å². The smallest absolute Gasteiger partial charge is 0.127 e. The summed E-state index contributed by atoms with van der Waals surface area (Å²) in [6.45, 7) is 0. The predicted molar refractivity (Wildman–Crippen MR) is 67.5 cm³/mol. The largest absolute Gasteiger partial charge is 0.384 e. The van der Waals surface area contributed by atoms with E-state index in [1.54, 1.807) is 17.8 Å². The molecule has 3 nitrogen and oxygen atoms in total. The van der Waals surface area contributed by atoms with Gasteiger partial charge >= 0.3 is 0 Å². The highest BCUT2D eigenvalue weighted by atomic mass is 35.5. The first kappa shape index (κ1) is 11.2. The minimum atomic E-state index is 0.494. The molecule has 0 radical (unpaired) electrons. The van der Waals surface area contributed by atoms with Crippen LogP contribution in [-0.4, -0.2) is 9.97 Å². The lowest BCUT2D eigenvalue weighted by Crippen LogP contribution is -1.91. The first-order valence-corrected chi connectivity index (χ1v) is 6.05. The number of nitrogens with two attached hydrogens (primary N) is 1. The Bertz CT molecular complexity index is 473. The summed E-state index contributed by atoms with van der Waals surface area (Å²) in [5.41, 5.74) is 6.77. The maximum Gasteiger partial charge on any atom is 0.127 e. The summed E-state index contributed by atoms with van der Waals surface area (Å²) in [4.78, 5) is 7.96. The quantitative estimate of drug-likeness (QED) is 0.673. The van der Waals surface area contributed by atoms with Crippen LogP contribution in [0.5, 0.6) is 0 Å². The summed E-state index contributed by atoms with van der Waals surface area (Å²) in [5, 5.41) is 1.63. The first-order chi connectivity index (χ1) is 7.74. The molecule has 82 valence electrons. The summed E-state index contributed by atoms with van der Waals surface area (Å²) < 4.78 is 0. The van der Waals surface area contributed by atoms with E-state index in [4.69, 9.17) is 17.3 Å². The number of anilines is 1. The van der Waals surface area contributed by atoms with Gasteiger partial charge in [-0.25, -0.2) is 9.97 Å². The molecule has 1 heterocycles. The lowest BCUT2D eigenvalue weighted by Gasteiger charge is -2.01. The van der Waals surface area contributed by atoms with Crippen LogP contribution in [-0.2, 0) is 5.75 Å². The Hall–Kier alpha value is -1.26. The molecular weight excluding hydrogens is 242 g/mol. The Kier molecular flexibility index (Phi) is 3.64. The standard InChI is InChI=1S/C11H10ClN3S/c12-9-3-1-8(2-4-9)6-16-11-5-10(13)14-7-15-11/h1-5,7H,6H2,(H2,13,14,15). The molecule has 0 atom stereocenters. The molecule has 16 heavy (non-hydrogen) atoms. The second kappa shape index (κ2) is 5.18. The highest BCUT2D eigenvalue weighted by Crippen LogP contribution is 2.22. The molecule has 2 N–H and O–H groups in total. The van der Waals surface area contributed by atoms with Gasteiger partial charge in [-0.2, -0.15) is 0 Å². The van der Waals surface area contributed by atoms with Gasteiger partial charge in [0.05, 0.1) is 0 Å². The average molecular weight is 252 g/mol. The van der Waals surface area contributed by atoms with E-state index in [1.165, 1.54) is 11.9 Å². The van der Waals surface area contributed by atoms with E-state index >= 15 is 0 Å². The molecular formula is C11H10ClN3S. The Morgan fingerprint density at radius 1 is 1.19 bits per heavy atom. The van der Waals surface area contributed by atoms with Crippen LogP contribution in [0, 0.1) is 0 Å². The lowest BCUT2D eigenvalue weighted by molar-refractivity contribution is 1.05. The second-order valence-corrected chi connectivity index (χ2v) is 4.63. The summed E-state index contributed by atoms with van der Waals surface area (Å²) >= 11 is 7.43. The number of hydrogen-bond acceptors (Lipinski definition) is 4. The summed E-state index contributed by atoms with van der Waals surface area (Å²) in [6, 6.07) is 9.53. The molecule has 0 bridgehead atoms.